The van der Waals surface area contributed by atoms with E-state index >= 15 is 0 Å². The Morgan fingerprint density at radius 2 is 1.56 bits per heavy atom. The first-order valence-corrected chi connectivity index (χ1v) is 13.3. The summed E-state index contributed by atoms with van der Waals surface area (Å²) >= 11 is 3.41. The first-order valence-electron chi connectivity index (χ1n) is 11.1. The highest BCUT2D eigenvalue weighted by Gasteiger charge is 2.44. The SMILES string of the molecule is CCc1ccc([C@@H]2CC=C(C(=O)O)[C@H](c3ccc(Br)cc3)N2S(=O)(=O)c2ccc(C)cc2)cc1. The monoisotopic (exact) mass is 539 g/mol. The van der Waals surface area contributed by atoms with Crippen molar-refractivity contribution in [3.63, 3.8) is 0 Å². The predicted molar refractivity (Wildman–Crippen MR) is 136 cm³/mol. The third kappa shape index (κ3) is 4.73. The molecule has 0 amide bonds. The van der Waals surface area contributed by atoms with Crippen molar-refractivity contribution in [3.05, 3.63) is 111 Å². The van der Waals surface area contributed by atoms with Gasteiger partial charge in [-0.3, -0.25) is 0 Å². The third-order valence-corrected chi connectivity index (χ3v) is 8.64. The zero-order chi connectivity index (χ0) is 24.5. The van der Waals surface area contributed by atoms with Crippen LogP contribution in [0, 0.1) is 6.92 Å². The zero-order valence-electron chi connectivity index (χ0n) is 19.0. The van der Waals surface area contributed by atoms with E-state index in [0.717, 1.165) is 27.6 Å². The molecule has 3 aromatic rings. The molecule has 0 unspecified atom stereocenters. The van der Waals surface area contributed by atoms with Gasteiger partial charge in [-0.2, -0.15) is 4.31 Å². The Bertz CT molecular complexity index is 1310. The second kappa shape index (κ2) is 9.86. The Balaban J connectivity index is 1.94. The van der Waals surface area contributed by atoms with Crippen molar-refractivity contribution in [2.45, 2.75) is 43.7 Å². The fourth-order valence-electron chi connectivity index (χ4n) is 4.34. The van der Waals surface area contributed by atoms with Gasteiger partial charge in [0.2, 0.25) is 10.0 Å². The molecule has 0 fully saturated rings. The molecule has 0 saturated heterocycles. The number of benzene rings is 3. The molecule has 1 aliphatic rings. The van der Waals surface area contributed by atoms with Crippen LogP contribution in [-0.4, -0.2) is 23.8 Å². The molecule has 0 radical (unpaired) electrons. The summed E-state index contributed by atoms with van der Waals surface area (Å²) in [6.45, 7) is 3.96. The van der Waals surface area contributed by atoms with Gasteiger partial charge < -0.3 is 5.11 Å². The Morgan fingerprint density at radius 1 is 0.971 bits per heavy atom. The van der Waals surface area contributed by atoms with Gasteiger partial charge in [0.1, 0.15) is 0 Å². The maximum absolute atomic E-state index is 14.1. The number of halogens is 1. The van der Waals surface area contributed by atoms with Gasteiger partial charge in [-0.1, -0.05) is 83.0 Å². The van der Waals surface area contributed by atoms with Crippen LogP contribution in [0.4, 0.5) is 0 Å². The number of rotatable bonds is 6. The summed E-state index contributed by atoms with van der Waals surface area (Å²) < 4.78 is 30.4. The van der Waals surface area contributed by atoms with Crippen LogP contribution in [0.1, 0.15) is 47.7 Å². The van der Waals surface area contributed by atoms with E-state index in [4.69, 9.17) is 0 Å². The Kier molecular flexibility index (Phi) is 7.07. The van der Waals surface area contributed by atoms with Crippen LogP contribution >= 0.6 is 15.9 Å². The van der Waals surface area contributed by atoms with Crippen molar-refractivity contribution in [2.75, 3.05) is 0 Å². The highest BCUT2D eigenvalue weighted by atomic mass is 79.9. The van der Waals surface area contributed by atoms with Crippen molar-refractivity contribution in [1.29, 1.82) is 0 Å². The van der Waals surface area contributed by atoms with Gasteiger partial charge in [-0.15, -0.1) is 0 Å². The minimum atomic E-state index is -4.05. The maximum Gasteiger partial charge on any atom is 0.333 e. The molecule has 0 spiro atoms. The molecule has 2 atom stereocenters. The number of aryl methyl sites for hydroxylation is 2. The van der Waals surface area contributed by atoms with Crippen LogP contribution in [0.3, 0.4) is 0 Å². The Hall–Kier alpha value is -2.74. The average molecular weight is 540 g/mol. The normalized spacial score (nSPS) is 19.0. The molecule has 7 heteroatoms. The lowest BCUT2D eigenvalue weighted by Crippen LogP contribution is -2.42. The molecule has 176 valence electrons. The molecule has 1 heterocycles. The van der Waals surface area contributed by atoms with Gasteiger partial charge in [0.05, 0.1) is 22.6 Å². The summed E-state index contributed by atoms with van der Waals surface area (Å²) in [5, 5.41) is 10.0. The lowest BCUT2D eigenvalue weighted by atomic mass is 9.89. The summed E-state index contributed by atoms with van der Waals surface area (Å²) in [7, 11) is -4.05. The fraction of sp³-hybridized carbons (Fsp3) is 0.222. The number of carbonyl (C=O) groups is 1. The number of carboxylic acids is 1. The molecule has 1 aliphatic heterocycles. The van der Waals surface area contributed by atoms with Gasteiger partial charge in [0.15, 0.2) is 0 Å². The van der Waals surface area contributed by atoms with Crippen LogP contribution in [0.5, 0.6) is 0 Å². The van der Waals surface area contributed by atoms with Crippen molar-refractivity contribution >= 4 is 31.9 Å². The van der Waals surface area contributed by atoms with Gasteiger partial charge in [-0.05, 0) is 60.7 Å². The van der Waals surface area contributed by atoms with E-state index in [1.165, 1.54) is 4.31 Å². The molecular weight excluding hydrogens is 514 g/mol. The molecule has 1 N–H and O–H groups in total. The molecule has 0 aliphatic carbocycles. The van der Waals surface area contributed by atoms with Gasteiger partial charge >= 0.3 is 5.97 Å². The van der Waals surface area contributed by atoms with E-state index in [9.17, 15) is 18.3 Å². The topological polar surface area (TPSA) is 74.7 Å². The van der Waals surface area contributed by atoms with Crippen molar-refractivity contribution in [1.82, 2.24) is 4.31 Å². The molecule has 0 bridgehead atoms. The first kappa shape index (κ1) is 24.4. The standard InChI is InChI=1S/C27H26BrNO4S/c1-3-19-6-8-20(9-7-19)25-17-16-24(27(30)31)26(21-10-12-22(28)13-11-21)29(25)34(32,33)23-14-4-18(2)5-15-23/h4-16,25-26H,3,17H2,1-2H3,(H,30,31)/t25-,26-/m0/s1. The molecule has 3 aromatic carbocycles. The van der Waals surface area contributed by atoms with Crippen LogP contribution in [0.25, 0.3) is 0 Å². The summed E-state index contributed by atoms with van der Waals surface area (Å²) in [6, 6.07) is 20.2. The quantitative estimate of drug-likeness (QED) is 0.404. The van der Waals surface area contributed by atoms with Crippen LogP contribution < -0.4 is 0 Å². The average Bonchev–Trinajstić information content (AvgIpc) is 2.84. The number of nitrogens with zero attached hydrogens (tertiary/aromatic N) is 1. The molecule has 0 aromatic heterocycles. The van der Waals surface area contributed by atoms with Crippen molar-refractivity contribution < 1.29 is 18.3 Å². The second-order valence-corrected chi connectivity index (χ2v) is 11.2. The highest BCUT2D eigenvalue weighted by molar-refractivity contribution is 9.10. The predicted octanol–water partition coefficient (Wildman–Crippen LogP) is 6.21. The molecular formula is C27H26BrNO4S. The largest absolute Gasteiger partial charge is 0.478 e. The first-order chi connectivity index (χ1) is 16.2. The van der Waals surface area contributed by atoms with Crippen molar-refractivity contribution in [2.24, 2.45) is 0 Å². The highest BCUT2D eigenvalue weighted by Crippen LogP contribution is 2.45. The number of sulfonamides is 1. The fourth-order valence-corrected chi connectivity index (χ4v) is 6.39. The van der Waals surface area contributed by atoms with Gasteiger partial charge in [0, 0.05) is 4.47 Å². The third-order valence-electron chi connectivity index (χ3n) is 6.22. The smallest absolute Gasteiger partial charge is 0.333 e. The lowest BCUT2D eigenvalue weighted by Gasteiger charge is -2.40. The summed E-state index contributed by atoms with van der Waals surface area (Å²) in [4.78, 5) is 12.4. The second-order valence-electron chi connectivity index (χ2n) is 8.41. The van der Waals surface area contributed by atoms with E-state index in [1.54, 1.807) is 54.6 Å². The van der Waals surface area contributed by atoms with E-state index in [2.05, 4.69) is 22.9 Å². The zero-order valence-corrected chi connectivity index (χ0v) is 21.4. The Morgan fingerprint density at radius 3 is 2.12 bits per heavy atom. The van der Waals surface area contributed by atoms with E-state index in [1.807, 2.05) is 31.2 Å². The van der Waals surface area contributed by atoms with Gasteiger partial charge in [-0.25, -0.2) is 13.2 Å². The maximum atomic E-state index is 14.1. The number of hydrogen-bond donors (Lipinski definition) is 1. The molecule has 4 rings (SSSR count). The number of aliphatic carboxylic acids is 1. The van der Waals surface area contributed by atoms with E-state index in [-0.39, 0.29) is 16.9 Å². The summed E-state index contributed by atoms with van der Waals surface area (Å²) in [5.41, 5.74) is 3.58. The van der Waals surface area contributed by atoms with Crippen molar-refractivity contribution in [3.8, 4) is 0 Å². The lowest BCUT2D eigenvalue weighted by molar-refractivity contribution is -0.133. The van der Waals surface area contributed by atoms with E-state index in [0.29, 0.717) is 5.56 Å². The number of carboxylic acid groups (broad SMARTS) is 1. The summed E-state index contributed by atoms with van der Waals surface area (Å²) in [5.74, 6) is -1.13. The minimum absolute atomic E-state index is 0.0550. The van der Waals surface area contributed by atoms with Crippen LogP contribution in [-0.2, 0) is 21.2 Å². The van der Waals surface area contributed by atoms with Crippen LogP contribution in [0.2, 0.25) is 0 Å². The molecule has 34 heavy (non-hydrogen) atoms. The molecule has 5 nitrogen and oxygen atoms in total. The van der Waals surface area contributed by atoms with Gasteiger partial charge in [0.25, 0.3) is 0 Å². The molecule has 0 saturated carbocycles. The summed E-state index contributed by atoms with van der Waals surface area (Å²) in [6.07, 6.45) is 2.81. The van der Waals surface area contributed by atoms with Crippen LogP contribution in [0.15, 0.2) is 93.8 Å². The minimum Gasteiger partial charge on any atom is -0.478 e. The Labute approximate surface area is 208 Å². The number of hydrogen-bond acceptors (Lipinski definition) is 3. The van der Waals surface area contributed by atoms with E-state index < -0.39 is 28.1 Å².